The maximum Gasteiger partial charge on any atom is 0.240 e. The van der Waals surface area contributed by atoms with Crippen molar-refractivity contribution in [3.05, 3.63) is 29.8 Å². The van der Waals surface area contributed by atoms with Gasteiger partial charge in [-0.15, -0.1) is 0 Å². The fourth-order valence-corrected chi connectivity index (χ4v) is 2.56. The fraction of sp³-hybridized carbons (Fsp3) is 0.533. The molecule has 4 heteroatoms. The molecule has 1 aromatic carbocycles. The van der Waals surface area contributed by atoms with Gasteiger partial charge < -0.3 is 15.8 Å². The number of carbonyl (C=O) groups is 1. The van der Waals surface area contributed by atoms with Crippen molar-refractivity contribution in [3.8, 4) is 5.75 Å². The van der Waals surface area contributed by atoms with Gasteiger partial charge in [-0.1, -0.05) is 25.0 Å². The number of carbonyl (C=O) groups excluding carboxylic acids is 1. The molecule has 1 aromatic rings. The molecule has 0 heterocycles. The topological polar surface area (TPSA) is 64.3 Å². The van der Waals surface area contributed by atoms with E-state index in [4.69, 9.17) is 10.5 Å². The van der Waals surface area contributed by atoms with E-state index in [1.807, 2.05) is 24.3 Å². The van der Waals surface area contributed by atoms with Crippen molar-refractivity contribution in [2.45, 2.75) is 37.6 Å². The molecule has 0 saturated heterocycles. The second kappa shape index (κ2) is 6.06. The van der Waals surface area contributed by atoms with Gasteiger partial charge in [0.25, 0.3) is 0 Å². The molecule has 3 N–H and O–H groups in total. The summed E-state index contributed by atoms with van der Waals surface area (Å²) in [5.74, 6) is 0.836. The molecule has 1 fully saturated rings. The van der Waals surface area contributed by atoms with E-state index in [-0.39, 0.29) is 5.91 Å². The lowest BCUT2D eigenvalue weighted by atomic mass is 9.98. The first-order valence-corrected chi connectivity index (χ1v) is 6.84. The third-order valence-electron chi connectivity index (χ3n) is 3.78. The minimum atomic E-state index is -0.631. The first-order valence-electron chi connectivity index (χ1n) is 6.84. The lowest BCUT2D eigenvalue weighted by Gasteiger charge is -2.22. The first kappa shape index (κ1) is 13.9. The Kier molecular flexibility index (Phi) is 4.43. The molecule has 0 spiro atoms. The van der Waals surface area contributed by atoms with E-state index in [0.29, 0.717) is 6.54 Å². The molecule has 1 saturated carbocycles. The fourth-order valence-electron chi connectivity index (χ4n) is 2.56. The van der Waals surface area contributed by atoms with Crippen LogP contribution in [0.3, 0.4) is 0 Å². The van der Waals surface area contributed by atoms with E-state index in [2.05, 4.69) is 5.32 Å². The Morgan fingerprint density at radius 3 is 2.84 bits per heavy atom. The van der Waals surface area contributed by atoms with Crippen LogP contribution in [0.25, 0.3) is 0 Å². The summed E-state index contributed by atoms with van der Waals surface area (Å²) in [5, 5.41) is 2.95. The summed E-state index contributed by atoms with van der Waals surface area (Å²) in [6, 6.07) is 7.88. The lowest BCUT2D eigenvalue weighted by molar-refractivity contribution is -0.126. The number of methoxy groups -OCH3 is 1. The van der Waals surface area contributed by atoms with Crippen molar-refractivity contribution < 1.29 is 9.53 Å². The molecule has 0 atom stereocenters. The Balaban J connectivity index is 1.81. The van der Waals surface area contributed by atoms with Crippen molar-refractivity contribution >= 4 is 5.91 Å². The van der Waals surface area contributed by atoms with Crippen LogP contribution in [0.1, 0.15) is 31.2 Å². The smallest absolute Gasteiger partial charge is 0.240 e. The van der Waals surface area contributed by atoms with E-state index < -0.39 is 5.54 Å². The maximum atomic E-state index is 12.0. The quantitative estimate of drug-likeness (QED) is 0.847. The number of hydrogen-bond donors (Lipinski definition) is 2. The van der Waals surface area contributed by atoms with Crippen LogP contribution in [-0.2, 0) is 11.2 Å². The highest BCUT2D eigenvalue weighted by Gasteiger charge is 2.36. The van der Waals surface area contributed by atoms with Crippen LogP contribution in [0, 0.1) is 0 Å². The minimum absolute atomic E-state index is 0.00658. The van der Waals surface area contributed by atoms with Crippen LogP contribution in [0.15, 0.2) is 24.3 Å². The zero-order chi connectivity index (χ0) is 13.7. The normalized spacial score (nSPS) is 17.2. The van der Waals surface area contributed by atoms with E-state index in [0.717, 1.165) is 43.4 Å². The van der Waals surface area contributed by atoms with Gasteiger partial charge in [0.1, 0.15) is 5.75 Å². The summed E-state index contributed by atoms with van der Waals surface area (Å²) >= 11 is 0. The van der Waals surface area contributed by atoms with Gasteiger partial charge in [0.05, 0.1) is 12.6 Å². The van der Waals surface area contributed by atoms with Crippen molar-refractivity contribution in [2.75, 3.05) is 13.7 Å². The van der Waals surface area contributed by atoms with Crippen molar-refractivity contribution in [1.29, 1.82) is 0 Å². The Labute approximate surface area is 114 Å². The maximum absolute atomic E-state index is 12.0. The van der Waals surface area contributed by atoms with Crippen LogP contribution in [-0.4, -0.2) is 25.1 Å². The molecular weight excluding hydrogens is 240 g/mol. The van der Waals surface area contributed by atoms with Gasteiger partial charge in [-0.2, -0.15) is 0 Å². The lowest BCUT2D eigenvalue weighted by Crippen LogP contribution is -2.52. The molecule has 2 rings (SSSR count). The molecule has 0 aromatic heterocycles. The predicted octanol–water partition coefficient (Wildman–Crippen LogP) is 1.63. The van der Waals surface area contributed by atoms with E-state index in [1.165, 1.54) is 0 Å². The minimum Gasteiger partial charge on any atom is -0.497 e. The highest BCUT2D eigenvalue weighted by atomic mass is 16.5. The second-order valence-electron chi connectivity index (χ2n) is 5.22. The highest BCUT2D eigenvalue weighted by Crippen LogP contribution is 2.27. The summed E-state index contributed by atoms with van der Waals surface area (Å²) in [6.45, 7) is 0.616. The number of ether oxygens (including phenoxy) is 1. The summed E-state index contributed by atoms with van der Waals surface area (Å²) in [5.41, 5.74) is 6.62. The van der Waals surface area contributed by atoms with Crippen LogP contribution in [0.5, 0.6) is 5.75 Å². The number of nitrogens with one attached hydrogen (secondary N) is 1. The Hall–Kier alpha value is -1.55. The molecule has 104 valence electrons. The monoisotopic (exact) mass is 262 g/mol. The van der Waals surface area contributed by atoms with Gasteiger partial charge in [0, 0.05) is 6.54 Å². The highest BCUT2D eigenvalue weighted by molar-refractivity contribution is 5.86. The SMILES string of the molecule is COc1cccc(CCNC(=O)C2(N)CCCC2)c1. The van der Waals surface area contributed by atoms with Gasteiger partial charge in [-0.25, -0.2) is 0 Å². The average Bonchev–Trinajstić information content (AvgIpc) is 2.87. The number of nitrogens with two attached hydrogens (primary N) is 1. The zero-order valence-corrected chi connectivity index (χ0v) is 11.4. The Morgan fingerprint density at radius 1 is 1.42 bits per heavy atom. The average molecular weight is 262 g/mol. The first-order chi connectivity index (χ1) is 9.14. The van der Waals surface area contributed by atoms with Gasteiger partial charge in [0.15, 0.2) is 0 Å². The summed E-state index contributed by atoms with van der Waals surface area (Å²) < 4.78 is 5.17. The largest absolute Gasteiger partial charge is 0.497 e. The Bertz CT molecular complexity index is 440. The molecule has 4 nitrogen and oxygen atoms in total. The molecule has 0 bridgehead atoms. The third-order valence-corrected chi connectivity index (χ3v) is 3.78. The van der Waals surface area contributed by atoms with Crippen LogP contribution < -0.4 is 15.8 Å². The number of hydrogen-bond acceptors (Lipinski definition) is 3. The molecule has 0 aliphatic heterocycles. The molecule has 0 unspecified atom stereocenters. The van der Waals surface area contributed by atoms with Crippen molar-refractivity contribution in [3.63, 3.8) is 0 Å². The standard InChI is InChI=1S/C15H22N2O2/c1-19-13-6-4-5-12(11-13)7-10-17-14(18)15(16)8-2-3-9-15/h4-6,11H,2-3,7-10,16H2,1H3,(H,17,18). The van der Waals surface area contributed by atoms with Crippen molar-refractivity contribution in [2.24, 2.45) is 5.73 Å². The Morgan fingerprint density at radius 2 is 2.16 bits per heavy atom. The summed E-state index contributed by atoms with van der Waals surface area (Å²) in [4.78, 5) is 12.0. The van der Waals surface area contributed by atoms with E-state index >= 15 is 0 Å². The van der Waals surface area contributed by atoms with E-state index in [1.54, 1.807) is 7.11 Å². The van der Waals surface area contributed by atoms with Crippen molar-refractivity contribution in [1.82, 2.24) is 5.32 Å². The third kappa shape index (κ3) is 3.47. The molecule has 1 aliphatic carbocycles. The summed E-state index contributed by atoms with van der Waals surface area (Å²) in [6.07, 6.45) is 4.51. The number of amides is 1. The number of benzene rings is 1. The molecule has 19 heavy (non-hydrogen) atoms. The predicted molar refractivity (Wildman–Crippen MR) is 75.1 cm³/mol. The number of rotatable bonds is 5. The molecule has 0 radical (unpaired) electrons. The van der Waals surface area contributed by atoms with Crippen LogP contribution in [0.4, 0.5) is 0 Å². The summed E-state index contributed by atoms with van der Waals surface area (Å²) in [7, 11) is 1.65. The molecular formula is C15H22N2O2. The zero-order valence-electron chi connectivity index (χ0n) is 11.4. The molecule has 1 amide bonds. The van der Waals surface area contributed by atoms with E-state index in [9.17, 15) is 4.79 Å². The van der Waals surface area contributed by atoms with Gasteiger partial charge in [0.2, 0.25) is 5.91 Å². The second-order valence-corrected chi connectivity index (χ2v) is 5.22. The van der Waals surface area contributed by atoms with Crippen LogP contribution in [0.2, 0.25) is 0 Å². The van der Waals surface area contributed by atoms with Gasteiger partial charge in [-0.05, 0) is 37.0 Å². The van der Waals surface area contributed by atoms with Gasteiger partial charge in [-0.3, -0.25) is 4.79 Å². The van der Waals surface area contributed by atoms with Gasteiger partial charge >= 0.3 is 0 Å². The van der Waals surface area contributed by atoms with Crippen LogP contribution >= 0.6 is 0 Å². The molecule has 1 aliphatic rings.